The SMILES string of the molecule is CC(=O)OC1CC2C(C[C@@H](O)C3C2CCC2C3CC[C@@H](O)[C@H]2C)C1C(CCCC(C)C)C(=O)NCCCNCCNCCCN. The Hall–Kier alpha value is -1.26. The second-order valence-electron chi connectivity index (χ2n) is 15.5. The molecule has 7 N–H and O–H groups in total. The minimum absolute atomic E-state index is 0.0655. The summed E-state index contributed by atoms with van der Waals surface area (Å²) in [5.41, 5.74) is 5.54. The predicted molar refractivity (Wildman–Crippen MR) is 178 cm³/mol. The Bertz CT molecular complexity index is 920. The maximum atomic E-state index is 14.0. The zero-order valence-corrected chi connectivity index (χ0v) is 28.7. The number of fused-ring (bicyclic) bond motifs is 5. The molecule has 260 valence electrons. The molecular weight excluding hydrogens is 568 g/mol. The Morgan fingerprint density at radius 2 is 1.47 bits per heavy atom. The minimum atomic E-state index is -0.402. The highest BCUT2D eigenvalue weighted by Gasteiger charge is 2.60. The summed E-state index contributed by atoms with van der Waals surface area (Å²) in [5.74, 6) is 2.45. The van der Waals surface area contributed by atoms with E-state index in [0.29, 0.717) is 49.1 Å². The van der Waals surface area contributed by atoms with Gasteiger partial charge in [-0.3, -0.25) is 9.59 Å². The molecule has 9 unspecified atom stereocenters. The van der Waals surface area contributed by atoms with Crippen LogP contribution in [0.3, 0.4) is 0 Å². The molecular formula is C36H66N4O5. The summed E-state index contributed by atoms with van der Waals surface area (Å²) in [6, 6.07) is 0. The van der Waals surface area contributed by atoms with Crippen LogP contribution >= 0.6 is 0 Å². The molecule has 0 spiro atoms. The van der Waals surface area contributed by atoms with Crippen LogP contribution in [-0.2, 0) is 14.3 Å². The van der Waals surface area contributed by atoms with E-state index in [1.807, 2.05) is 0 Å². The lowest BCUT2D eigenvalue weighted by Gasteiger charge is -2.56. The Balaban J connectivity index is 1.43. The van der Waals surface area contributed by atoms with E-state index in [2.05, 4.69) is 36.7 Å². The Labute approximate surface area is 273 Å². The largest absolute Gasteiger partial charge is 0.462 e. The van der Waals surface area contributed by atoms with Gasteiger partial charge in [0.1, 0.15) is 6.10 Å². The number of esters is 1. The molecule has 12 atom stereocenters. The lowest BCUT2D eigenvalue weighted by atomic mass is 9.50. The van der Waals surface area contributed by atoms with E-state index in [1.54, 1.807) is 0 Å². The fraction of sp³-hybridized carbons (Fsp3) is 0.944. The maximum Gasteiger partial charge on any atom is 0.302 e. The number of hydrogen-bond acceptors (Lipinski definition) is 8. The van der Waals surface area contributed by atoms with Crippen molar-refractivity contribution < 1.29 is 24.5 Å². The van der Waals surface area contributed by atoms with Crippen molar-refractivity contribution in [3.63, 3.8) is 0 Å². The molecule has 1 amide bonds. The topological polar surface area (TPSA) is 146 Å². The summed E-state index contributed by atoms with van der Waals surface area (Å²) in [6.07, 6.45) is 9.19. The standard InChI is InChI=1S/C36H66N4O5/c1-22(2)8-5-9-28(36(44)40-17-7-16-39-19-18-38-15-6-14-37)35-30-20-32(43)34-26-12-13-31(42)23(3)25(26)10-11-27(34)29(30)21-33(35)45-24(4)41/h22-23,25-35,38-39,42-43H,5-21,37H2,1-4H3,(H,40,44)/t23-,25?,26?,27?,28?,29?,30?,31+,32+,33?,34?,35?/m0/s1. The second kappa shape index (κ2) is 17.8. The van der Waals surface area contributed by atoms with E-state index in [9.17, 15) is 19.8 Å². The van der Waals surface area contributed by atoms with Crippen molar-refractivity contribution in [1.29, 1.82) is 0 Å². The third kappa shape index (κ3) is 9.43. The van der Waals surface area contributed by atoms with Gasteiger partial charge < -0.3 is 36.6 Å². The summed E-state index contributed by atoms with van der Waals surface area (Å²) >= 11 is 0. The van der Waals surface area contributed by atoms with Gasteiger partial charge in [0.05, 0.1) is 12.2 Å². The van der Waals surface area contributed by atoms with E-state index in [-0.39, 0.29) is 53.7 Å². The van der Waals surface area contributed by atoms with E-state index < -0.39 is 6.10 Å². The smallest absolute Gasteiger partial charge is 0.302 e. The number of rotatable bonds is 17. The summed E-state index contributed by atoms with van der Waals surface area (Å²) in [5, 5.41) is 32.5. The highest BCUT2D eigenvalue weighted by molar-refractivity contribution is 5.79. The van der Waals surface area contributed by atoms with Gasteiger partial charge in [-0.25, -0.2) is 0 Å². The Morgan fingerprint density at radius 1 is 0.800 bits per heavy atom. The predicted octanol–water partition coefficient (Wildman–Crippen LogP) is 3.46. The van der Waals surface area contributed by atoms with Crippen molar-refractivity contribution in [1.82, 2.24) is 16.0 Å². The van der Waals surface area contributed by atoms with Crippen molar-refractivity contribution >= 4 is 11.9 Å². The van der Waals surface area contributed by atoms with Crippen LogP contribution in [0.15, 0.2) is 0 Å². The van der Waals surface area contributed by atoms with Gasteiger partial charge in [0.2, 0.25) is 5.91 Å². The number of carbonyl (C=O) groups excluding carboxylic acids is 2. The molecule has 0 bridgehead atoms. The van der Waals surface area contributed by atoms with Crippen LogP contribution in [0.1, 0.15) is 98.3 Å². The summed E-state index contributed by atoms with van der Waals surface area (Å²) < 4.78 is 6.08. The lowest BCUT2D eigenvalue weighted by molar-refractivity contribution is -0.152. The van der Waals surface area contributed by atoms with E-state index in [4.69, 9.17) is 10.5 Å². The number of aliphatic hydroxyl groups excluding tert-OH is 2. The third-order valence-electron chi connectivity index (χ3n) is 12.2. The molecule has 4 aliphatic rings. The molecule has 0 aromatic rings. The number of nitrogens with two attached hydrogens (primary N) is 1. The van der Waals surface area contributed by atoms with Gasteiger partial charge in [-0.05, 0) is 125 Å². The number of aliphatic hydroxyl groups is 2. The second-order valence-corrected chi connectivity index (χ2v) is 15.5. The molecule has 0 aromatic heterocycles. The van der Waals surface area contributed by atoms with Crippen LogP contribution in [0.2, 0.25) is 0 Å². The lowest BCUT2D eigenvalue weighted by Crippen LogP contribution is -2.54. The van der Waals surface area contributed by atoms with Crippen molar-refractivity contribution in [2.75, 3.05) is 39.3 Å². The first-order valence-electron chi connectivity index (χ1n) is 18.6. The first-order valence-corrected chi connectivity index (χ1v) is 18.6. The van der Waals surface area contributed by atoms with Crippen molar-refractivity contribution in [3.8, 4) is 0 Å². The fourth-order valence-corrected chi connectivity index (χ4v) is 10.2. The van der Waals surface area contributed by atoms with Gasteiger partial charge in [-0.15, -0.1) is 0 Å². The number of amides is 1. The van der Waals surface area contributed by atoms with E-state index in [1.165, 1.54) is 6.92 Å². The average molecular weight is 635 g/mol. The molecule has 0 radical (unpaired) electrons. The van der Waals surface area contributed by atoms with Gasteiger partial charge in [0.25, 0.3) is 0 Å². The minimum Gasteiger partial charge on any atom is -0.462 e. The van der Waals surface area contributed by atoms with Crippen LogP contribution in [0.25, 0.3) is 0 Å². The molecule has 4 aliphatic carbocycles. The third-order valence-corrected chi connectivity index (χ3v) is 12.2. The van der Waals surface area contributed by atoms with Crippen LogP contribution in [0.5, 0.6) is 0 Å². The van der Waals surface area contributed by atoms with Crippen LogP contribution in [-0.4, -0.2) is 79.7 Å². The summed E-state index contributed by atoms with van der Waals surface area (Å²) in [7, 11) is 0. The summed E-state index contributed by atoms with van der Waals surface area (Å²) in [4.78, 5) is 26.4. The zero-order valence-electron chi connectivity index (χ0n) is 28.7. The van der Waals surface area contributed by atoms with Crippen molar-refractivity contribution in [2.45, 2.75) is 117 Å². The van der Waals surface area contributed by atoms with E-state index in [0.717, 1.165) is 90.4 Å². The number of nitrogens with one attached hydrogen (secondary N) is 3. The molecule has 9 nitrogen and oxygen atoms in total. The summed E-state index contributed by atoms with van der Waals surface area (Å²) in [6.45, 7) is 13.0. The van der Waals surface area contributed by atoms with Gasteiger partial charge >= 0.3 is 5.97 Å². The number of ether oxygens (including phenoxy) is 1. The van der Waals surface area contributed by atoms with Gasteiger partial charge in [0.15, 0.2) is 0 Å². The average Bonchev–Trinajstić information content (AvgIpc) is 3.34. The first kappa shape index (κ1) is 36.6. The molecule has 45 heavy (non-hydrogen) atoms. The number of hydrogen-bond donors (Lipinski definition) is 6. The molecule has 0 aromatic carbocycles. The molecule has 0 aliphatic heterocycles. The monoisotopic (exact) mass is 635 g/mol. The van der Waals surface area contributed by atoms with Gasteiger partial charge in [-0.2, -0.15) is 0 Å². The highest BCUT2D eigenvalue weighted by atomic mass is 16.5. The molecule has 4 fully saturated rings. The van der Waals surface area contributed by atoms with Crippen LogP contribution in [0, 0.1) is 59.2 Å². The molecule has 0 saturated heterocycles. The number of carbonyl (C=O) groups is 2. The van der Waals surface area contributed by atoms with Gasteiger partial charge in [0, 0.05) is 38.4 Å². The molecule has 9 heteroatoms. The molecule has 4 rings (SSSR count). The fourth-order valence-electron chi connectivity index (χ4n) is 10.2. The molecule has 4 saturated carbocycles. The quantitative estimate of drug-likeness (QED) is 0.105. The zero-order chi connectivity index (χ0) is 32.5. The van der Waals surface area contributed by atoms with Gasteiger partial charge in [-0.1, -0.05) is 33.6 Å². The Kier molecular flexibility index (Phi) is 14.4. The maximum absolute atomic E-state index is 14.0. The van der Waals surface area contributed by atoms with Crippen LogP contribution < -0.4 is 21.7 Å². The van der Waals surface area contributed by atoms with Crippen molar-refractivity contribution in [2.24, 2.45) is 64.9 Å². The molecule has 0 heterocycles. The van der Waals surface area contributed by atoms with E-state index >= 15 is 0 Å². The van der Waals surface area contributed by atoms with Crippen molar-refractivity contribution in [3.05, 3.63) is 0 Å². The highest BCUT2D eigenvalue weighted by Crippen LogP contribution is 2.61. The van der Waals surface area contributed by atoms with Crippen LogP contribution in [0.4, 0.5) is 0 Å². The first-order chi connectivity index (χ1) is 21.6. The normalized spacial score (nSPS) is 36.6. The Morgan fingerprint density at radius 3 is 2.16 bits per heavy atom.